The molecule has 0 bridgehead atoms. The van der Waals surface area contributed by atoms with Crippen molar-refractivity contribution in [2.45, 2.75) is 51.0 Å². The summed E-state index contributed by atoms with van der Waals surface area (Å²) < 4.78 is 13.3. The van der Waals surface area contributed by atoms with E-state index in [-0.39, 0.29) is 5.82 Å². The monoisotopic (exact) mass is 281 g/mol. The van der Waals surface area contributed by atoms with Crippen molar-refractivity contribution in [1.82, 2.24) is 0 Å². The standard InChI is InChI=1S/C16H21ClFN/c17-13-8-14(18)10-16(9-13)19-15-6-5-11-3-1-2-4-12(11)7-15/h8-12,15,19H,1-7H2. The minimum atomic E-state index is -0.263. The van der Waals surface area contributed by atoms with Crippen LogP contribution < -0.4 is 5.32 Å². The van der Waals surface area contributed by atoms with Crippen LogP contribution in [-0.4, -0.2) is 6.04 Å². The molecule has 19 heavy (non-hydrogen) atoms. The van der Waals surface area contributed by atoms with Gasteiger partial charge in [0, 0.05) is 16.8 Å². The first-order valence-corrected chi connectivity index (χ1v) is 7.81. The average Bonchev–Trinajstić information content (AvgIpc) is 2.37. The van der Waals surface area contributed by atoms with E-state index in [9.17, 15) is 4.39 Å². The molecule has 3 atom stereocenters. The van der Waals surface area contributed by atoms with Gasteiger partial charge in [0.2, 0.25) is 0 Å². The minimum absolute atomic E-state index is 0.263. The normalized spacial score (nSPS) is 30.7. The summed E-state index contributed by atoms with van der Waals surface area (Å²) in [6, 6.07) is 5.19. The van der Waals surface area contributed by atoms with E-state index in [0.717, 1.165) is 17.5 Å². The Morgan fingerprint density at radius 3 is 2.58 bits per heavy atom. The summed E-state index contributed by atoms with van der Waals surface area (Å²) in [4.78, 5) is 0. The summed E-state index contributed by atoms with van der Waals surface area (Å²) in [5.41, 5.74) is 0.823. The van der Waals surface area contributed by atoms with E-state index < -0.39 is 0 Å². The highest BCUT2D eigenvalue weighted by molar-refractivity contribution is 6.30. The van der Waals surface area contributed by atoms with Crippen LogP contribution in [0.15, 0.2) is 18.2 Å². The van der Waals surface area contributed by atoms with Crippen LogP contribution in [0.5, 0.6) is 0 Å². The van der Waals surface area contributed by atoms with Crippen molar-refractivity contribution in [3.8, 4) is 0 Å². The van der Waals surface area contributed by atoms with Gasteiger partial charge in [0.15, 0.2) is 0 Å². The molecule has 3 rings (SSSR count). The van der Waals surface area contributed by atoms with Crippen LogP contribution in [0.4, 0.5) is 10.1 Å². The van der Waals surface area contributed by atoms with Gasteiger partial charge >= 0.3 is 0 Å². The molecule has 2 aliphatic carbocycles. The average molecular weight is 282 g/mol. The summed E-state index contributed by atoms with van der Waals surface area (Å²) in [5, 5.41) is 3.94. The Labute approximate surface area is 119 Å². The van der Waals surface area contributed by atoms with Crippen LogP contribution in [-0.2, 0) is 0 Å². The number of halogens is 2. The number of anilines is 1. The highest BCUT2D eigenvalue weighted by Gasteiger charge is 2.32. The lowest BCUT2D eigenvalue weighted by atomic mass is 9.69. The third-order valence-electron chi connectivity index (χ3n) is 4.77. The highest BCUT2D eigenvalue weighted by Crippen LogP contribution is 2.41. The molecule has 2 fully saturated rings. The van der Waals surface area contributed by atoms with Gasteiger partial charge in [-0.3, -0.25) is 0 Å². The number of rotatable bonds is 2. The second kappa shape index (κ2) is 5.70. The van der Waals surface area contributed by atoms with Gasteiger partial charge in [-0.1, -0.05) is 37.3 Å². The molecule has 0 radical (unpaired) electrons. The van der Waals surface area contributed by atoms with E-state index in [1.165, 1.54) is 51.0 Å². The topological polar surface area (TPSA) is 12.0 Å². The first kappa shape index (κ1) is 13.2. The Morgan fingerprint density at radius 2 is 1.79 bits per heavy atom. The van der Waals surface area contributed by atoms with Gasteiger partial charge in [0.05, 0.1) is 0 Å². The molecule has 0 spiro atoms. The Hall–Kier alpha value is -0.760. The minimum Gasteiger partial charge on any atom is -0.382 e. The molecule has 3 unspecified atom stereocenters. The fourth-order valence-electron chi connectivity index (χ4n) is 3.88. The number of benzene rings is 1. The fraction of sp³-hybridized carbons (Fsp3) is 0.625. The highest BCUT2D eigenvalue weighted by atomic mass is 35.5. The molecule has 104 valence electrons. The zero-order chi connectivity index (χ0) is 13.2. The van der Waals surface area contributed by atoms with Gasteiger partial charge in [0.1, 0.15) is 5.82 Å². The maximum Gasteiger partial charge on any atom is 0.126 e. The van der Waals surface area contributed by atoms with Gasteiger partial charge in [-0.05, 0) is 49.3 Å². The quantitative estimate of drug-likeness (QED) is 0.781. The predicted molar refractivity (Wildman–Crippen MR) is 78.1 cm³/mol. The van der Waals surface area contributed by atoms with Gasteiger partial charge in [-0.25, -0.2) is 4.39 Å². The largest absolute Gasteiger partial charge is 0.382 e. The van der Waals surface area contributed by atoms with E-state index in [4.69, 9.17) is 11.6 Å². The molecule has 2 aliphatic rings. The van der Waals surface area contributed by atoms with Crippen molar-refractivity contribution >= 4 is 17.3 Å². The molecule has 0 aliphatic heterocycles. The third kappa shape index (κ3) is 3.22. The Bertz CT molecular complexity index is 428. The lowest BCUT2D eigenvalue weighted by molar-refractivity contribution is 0.162. The van der Waals surface area contributed by atoms with Gasteiger partial charge in [-0.15, -0.1) is 0 Å². The maximum absolute atomic E-state index is 13.3. The molecule has 0 aromatic heterocycles. The molecule has 1 aromatic rings. The van der Waals surface area contributed by atoms with Crippen molar-refractivity contribution in [3.63, 3.8) is 0 Å². The van der Waals surface area contributed by atoms with Gasteiger partial charge in [-0.2, -0.15) is 0 Å². The van der Waals surface area contributed by atoms with Crippen molar-refractivity contribution in [3.05, 3.63) is 29.0 Å². The summed E-state index contributed by atoms with van der Waals surface area (Å²) in [5.74, 6) is 1.56. The lowest BCUT2D eigenvalue weighted by Gasteiger charge is -2.39. The zero-order valence-electron chi connectivity index (χ0n) is 11.2. The third-order valence-corrected chi connectivity index (χ3v) is 4.99. The molecule has 1 aromatic carbocycles. The molecule has 2 saturated carbocycles. The SMILES string of the molecule is Fc1cc(Cl)cc(NC2CCC3CCCCC3C2)c1. The van der Waals surface area contributed by atoms with Gasteiger partial charge in [0.25, 0.3) is 0 Å². The van der Waals surface area contributed by atoms with Crippen LogP contribution in [0, 0.1) is 17.7 Å². The maximum atomic E-state index is 13.3. The van der Waals surface area contributed by atoms with E-state index >= 15 is 0 Å². The number of fused-ring (bicyclic) bond motifs is 1. The van der Waals surface area contributed by atoms with E-state index in [1.54, 1.807) is 6.07 Å². The Morgan fingerprint density at radius 1 is 1.00 bits per heavy atom. The molecule has 3 heteroatoms. The van der Waals surface area contributed by atoms with E-state index in [0.29, 0.717) is 11.1 Å². The van der Waals surface area contributed by atoms with Crippen LogP contribution in [0.2, 0.25) is 5.02 Å². The first-order chi connectivity index (χ1) is 9.20. The summed E-state index contributed by atoms with van der Waals surface area (Å²) in [6.07, 6.45) is 9.37. The van der Waals surface area contributed by atoms with Crippen molar-refractivity contribution in [2.75, 3.05) is 5.32 Å². The number of hydrogen-bond donors (Lipinski definition) is 1. The smallest absolute Gasteiger partial charge is 0.126 e. The van der Waals surface area contributed by atoms with Crippen LogP contribution in [0.1, 0.15) is 44.9 Å². The summed E-state index contributed by atoms with van der Waals surface area (Å²) >= 11 is 5.90. The summed E-state index contributed by atoms with van der Waals surface area (Å²) in [7, 11) is 0. The van der Waals surface area contributed by atoms with Crippen LogP contribution in [0.3, 0.4) is 0 Å². The Balaban J connectivity index is 1.64. The number of nitrogens with one attached hydrogen (secondary N) is 1. The molecule has 0 saturated heterocycles. The molecule has 1 N–H and O–H groups in total. The second-order valence-electron chi connectivity index (χ2n) is 6.12. The second-order valence-corrected chi connectivity index (χ2v) is 6.55. The van der Waals surface area contributed by atoms with Gasteiger partial charge < -0.3 is 5.32 Å². The molecule has 0 amide bonds. The van der Waals surface area contributed by atoms with Crippen LogP contribution in [0.25, 0.3) is 0 Å². The van der Waals surface area contributed by atoms with Crippen molar-refractivity contribution in [2.24, 2.45) is 11.8 Å². The zero-order valence-corrected chi connectivity index (χ0v) is 11.9. The van der Waals surface area contributed by atoms with E-state index in [1.807, 2.05) is 6.07 Å². The predicted octanol–water partition coefficient (Wildman–Crippen LogP) is 5.25. The lowest BCUT2D eigenvalue weighted by Crippen LogP contribution is -2.34. The first-order valence-electron chi connectivity index (χ1n) is 7.43. The summed E-state index contributed by atoms with van der Waals surface area (Å²) in [6.45, 7) is 0. The number of hydrogen-bond acceptors (Lipinski definition) is 1. The van der Waals surface area contributed by atoms with Crippen molar-refractivity contribution in [1.29, 1.82) is 0 Å². The van der Waals surface area contributed by atoms with Crippen LogP contribution >= 0.6 is 11.6 Å². The van der Waals surface area contributed by atoms with E-state index in [2.05, 4.69) is 5.32 Å². The molecule has 0 heterocycles. The molecular weight excluding hydrogens is 261 g/mol. The molecular formula is C16H21ClFN. The fourth-order valence-corrected chi connectivity index (χ4v) is 4.10. The molecule has 1 nitrogen and oxygen atoms in total. The Kier molecular flexibility index (Phi) is 3.97. The van der Waals surface area contributed by atoms with Crippen molar-refractivity contribution < 1.29 is 4.39 Å².